The second-order valence-electron chi connectivity index (χ2n) is 5.46. The van der Waals surface area contributed by atoms with Crippen molar-refractivity contribution < 1.29 is 4.79 Å². The van der Waals surface area contributed by atoms with Crippen molar-refractivity contribution in [3.8, 4) is 0 Å². The maximum atomic E-state index is 12.5. The first-order chi connectivity index (χ1) is 9.18. The van der Waals surface area contributed by atoms with Gasteiger partial charge in [0.25, 0.3) is 0 Å². The summed E-state index contributed by atoms with van der Waals surface area (Å²) >= 11 is 0. The van der Waals surface area contributed by atoms with Gasteiger partial charge in [-0.15, -0.1) is 0 Å². The van der Waals surface area contributed by atoms with Gasteiger partial charge in [0.15, 0.2) is 0 Å². The molecule has 1 heterocycles. The third-order valence-electron chi connectivity index (χ3n) is 4.06. The molecule has 0 aliphatic heterocycles. The molecule has 1 aromatic rings. The van der Waals surface area contributed by atoms with Gasteiger partial charge in [-0.2, -0.15) is 0 Å². The number of likely N-dealkylation sites (N-methyl/N-ethyl adjacent to an activating group) is 1. The molecule has 1 aliphatic rings. The summed E-state index contributed by atoms with van der Waals surface area (Å²) in [5, 5.41) is 3.16. The Bertz CT molecular complexity index is 415. The molecule has 0 spiro atoms. The van der Waals surface area contributed by atoms with Crippen LogP contribution >= 0.6 is 0 Å². The fourth-order valence-corrected chi connectivity index (χ4v) is 2.74. The van der Waals surface area contributed by atoms with Crippen molar-refractivity contribution in [3.63, 3.8) is 0 Å². The number of hydrogen-bond donors (Lipinski definition) is 1. The highest BCUT2D eigenvalue weighted by Gasteiger charge is 2.44. The van der Waals surface area contributed by atoms with Crippen LogP contribution in [-0.4, -0.2) is 43.0 Å². The molecule has 0 aromatic carbocycles. The Morgan fingerprint density at radius 1 is 1.47 bits per heavy atom. The summed E-state index contributed by atoms with van der Waals surface area (Å²) in [5.41, 5.74) is 0.895. The highest BCUT2D eigenvalue weighted by atomic mass is 16.2. The predicted molar refractivity (Wildman–Crippen MR) is 75.8 cm³/mol. The molecule has 1 amide bonds. The van der Waals surface area contributed by atoms with Crippen molar-refractivity contribution in [1.82, 2.24) is 15.2 Å². The summed E-state index contributed by atoms with van der Waals surface area (Å²) in [6.07, 6.45) is 5.81. The molecule has 1 N–H and O–H groups in total. The maximum absolute atomic E-state index is 12.5. The Morgan fingerprint density at radius 3 is 2.79 bits per heavy atom. The normalized spacial score (nSPS) is 16.7. The summed E-state index contributed by atoms with van der Waals surface area (Å²) in [7, 11) is 3.82. The van der Waals surface area contributed by atoms with Gasteiger partial charge in [0.2, 0.25) is 5.91 Å². The smallest absolute Gasteiger partial charge is 0.229 e. The topological polar surface area (TPSA) is 45.2 Å². The Morgan fingerprint density at radius 2 is 2.26 bits per heavy atom. The van der Waals surface area contributed by atoms with E-state index in [0.717, 1.165) is 38.0 Å². The molecule has 19 heavy (non-hydrogen) atoms. The van der Waals surface area contributed by atoms with E-state index >= 15 is 0 Å². The van der Waals surface area contributed by atoms with Crippen molar-refractivity contribution in [2.24, 2.45) is 5.41 Å². The number of amides is 1. The highest BCUT2D eigenvalue weighted by Crippen LogP contribution is 2.41. The number of nitrogens with zero attached hydrogens (tertiary/aromatic N) is 2. The van der Waals surface area contributed by atoms with Gasteiger partial charge in [-0.1, -0.05) is 12.5 Å². The summed E-state index contributed by atoms with van der Waals surface area (Å²) < 4.78 is 0. The van der Waals surface area contributed by atoms with Gasteiger partial charge in [-0.25, -0.2) is 0 Å². The quantitative estimate of drug-likeness (QED) is 0.843. The first-order valence-corrected chi connectivity index (χ1v) is 6.98. The van der Waals surface area contributed by atoms with Crippen LogP contribution < -0.4 is 5.32 Å². The van der Waals surface area contributed by atoms with Crippen LogP contribution in [0.1, 0.15) is 25.0 Å². The molecule has 0 radical (unpaired) electrons. The number of carbonyl (C=O) groups excluding carboxylic acids is 1. The van der Waals surface area contributed by atoms with Crippen molar-refractivity contribution in [2.75, 3.05) is 27.2 Å². The molecule has 0 atom stereocenters. The number of pyridine rings is 1. The van der Waals surface area contributed by atoms with Gasteiger partial charge >= 0.3 is 0 Å². The van der Waals surface area contributed by atoms with Crippen LogP contribution in [0.15, 0.2) is 24.4 Å². The second kappa shape index (κ2) is 6.15. The fourth-order valence-electron chi connectivity index (χ4n) is 2.74. The Labute approximate surface area is 115 Å². The van der Waals surface area contributed by atoms with Crippen LogP contribution in [0.2, 0.25) is 0 Å². The lowest BCUT2D eigenvalue weighted by molar-refractivity contribution is -0.145. The number of hydrogen-bond acceptors (Lipinski definition) is 3. The minimum atomic E-state index is -0.145. The SMILES string of the molecule is CNCC1(C(=O)N(C)CCc2ccccn2)CCC1. The summed E-state index contributed by atoms with van der Waals surface area (Å²) in [4.78, 5) is 18.7. The largest absolute Gasteiger partial charge is 0.345 e. The number of rotatable bonds is 6. The summed E-state index contributed by atoms with van der Waals surface area (Å²) in [6.45, 7) is 1.53. The second-order valence-corrected chi connectivity index (χ2v) is 5.46. The minimum Gasteiger partial charge on any atom is -0.345 e. The van der Waals surface area contributed by atoms with Crippen molar-refractivity contribution in [2.45, 2.75) is 25.7 Å². The van der Waals surface area contributed by atoms with Crippen molar-refractivity contribution >= 4 is 5.91 Å². The third kappa shape index (κ3) is 3.13. The molecule has 0 saturated heterocycles. The zero-order valence-corrected chi connectivity index (χ0v) is 11.9. The van der Waals surface area contributed by atoms with Gasteiger partial charge in [0.1, 0.15) is 0 Å². The van der Waals surface area contributed by atoms with Crippen molar-refractivity contribution in [3.05, 3.63) is 30.1 Å². The molecule has 4 nitrogen and oxygen atoms in total. The molecule has 4 heteroatoms. The predicted octanol–water partition coefficient (Wildman–Crippen LogP) is 1.47. The first kappa shape index (κ1) is 14.0. The minimum absolute atomic E-state index is 0.145. The summed E-state index contributed by atoms with van der Waals surface area (Å²) in [5.74, 6) is 0.282. The average Bonchev–Trinajstić information content (AvgIpc) is 2.40. The fraction of sp³-hybridized carbons (Fsp3) is 0.600. The van der Waals surface area contributed by atoms with Gasteiger partial charge in [0.05, 0.1) is 5.41 Å². The van der Waals surface area contributed by atoms with Gasteiger partial charge in [-0.05, 0) is 32.0 Å². The highest BCUT2D eigenvalue weighted by molar-refractivity contribution is 5.83. The van der Waals surface area contributed by atoms with Gasteiger partial charge in [-0.3, -0.25) is 9.78 Å². The molecule has 0 unspecified atom stereocenters. The Balaban J connectivity index is 1.89. The Hall–Kier alpha value is -1.42. The Kier molecular flexibility index (Phi) is 4.53. The molecule has 1 fully saturated rings. The van der Waals surface area contributed by atoms with E-state index in [1.165, 1.54) is 6.42 Å². The van der Waals surface area contributed by atoms with Gasteiger partial charge in [0, 0.05) is 38.4 Å². The lowest BCUT2D eigenvalue weighted by Crippen LogP contribution is -2.51. The van der Waals surface area contributed by atoms with Crippen LogP contribution in [0.25, 0.3) is 0 Å². The molecule has 1 aromatic heterocycles. The first-order valence-electron chi connectivity index (χ1n) is 6.98. The zero-order chi connectivity index (χ0) is 13.7. The van der Waals surface area contributed by atoms with Crippen molar-refractivity contribution in [1.29, 1.82) is 0 Å². The monoisotopic (exact) mass is 261 g/mol. The standard InChI is InChI=1S/C15H23N3O/c1-16-12-15(8-5-9-15)14(19)18(2)11-7-13-6-3-4-10-17-13/h3-4,6,10,16H,5,7-9,11-12H2,1-2H3. The lowest BCUT2D eigenvalue weighted by Gasteiger charge is -2.42. The number of aromatic nitrogens is 1. The van der Waals surface area contributed by atoms with Crippen LogP contribution in [0.3, 0.4) is 0 Å². The molecule has 0 bridgehead atoms. The van der Waals surface area contributed by atoms with Gasteiger partial charge < -0.3 is 10.2 Å². The summed E-state index contributed by atoms with van der Waals surface area (Å²) in [6, 6.07) is 5.90. The van der Waals surface area contributed by atoms with Crippen LogP contribution in [-0.2, 0) is 11.2 Å². The van der Waals surface area contributed by atoms with E-state index in [1.807, 2.05) is 37.2 Å². The molecular weight excluding hydrogens is 238 g/mol. The third-order valence-corrected chi connectivity index (χ3v) is 4.06. The molecule has 2 rings (SSSR count). The van der Waals surface area contributed by atoms with Crippen LogP contribution in [0.4, 0.5) is 0 Å². The van der Waals surface area contributed by atoms with E-state index in [4.69, 9.17) is 0 Å². The maximum Gasteiger partial charge on any atom is 0.229 e. The van der Waals surface area contributed by atoms with Crippen LogP contribution in [0.5, 0.6) is 0 Å². The van der Waals surface area contributed by atoms with Crippen LogP contribution in [0, 0.1) is 5.41 Å². The lowest BCUT2D eigenvalue weighted by atomic mass is 9.67. The molecule has 1 aliphatic carbocycles. The van der Waals surface area contributed by atoms with E-state index in [2.05, 4.69) is 10.3 Å². The van der Waals surface area contributed by atoms with E-state index < -0.39 is 0 Å². The molecule has 104 valence electrons. The molecular formula is C15H23N3O. The number of carbonyl (C=O) groups is 1. The van der Waals surface area contributed by atoms with E-state index in [-0.39, 0.29) is 11.3 Å². The van der Waals surface area contributed by atoms with E-state index in [1.54, 1.807) is 6.20 Å². The van der Waals surface area contributed by atoms with E-state index in [9.17, 15) is 4.79 Å². The molecule has 1 saturated carbocycles. The average molecular weight is 261 g/mol. The number of nitrogens with one attached hydrogen (secondary N) is 1. The van der Waals surface area contributed by atoms with E-state index in [0.29, 0.717) is 0 Å². The zero-order valence-electron chi connectivity index (χ0n) is 11.9.